The Morgan fingerprint density at radius 3 is 2.69 bits per heavy atom. The molecule has 0 aliphatic rings. The van der Waals surface area contributed by atoms with Crippen molar-refractivity contribution in [2.45, 2.75) is 45.4 Å². The summed E-state index contributed by atoms with van der Waals surface area (Å²) in [7, 11) is 0. The molecule has 0 aromatic carbocycles. The average Bonchev–Trinajstić information content (AvgIpc) is 2.30. The Labute approximate surface area is 97.5 Å². The summed E-state index contributed by atoms with van der Waals surface area (Å²) in [4.78, 5) is 3.64. The van der Waals surface area contributed by atoms with Gasteiger partial charge in [-0.1, -0.05) is 39.0 Å². The van der Waals surface area contributed by atoms with Gasteiger partial charge in [0.15, 0.2) is 5.75 Å². The summed E-state index contributed by atoms with van der Waals surface area (Å²) in [6.45, 7) is 2.83. The van der Waals surface area contributed by atoms with Crippen molar-refractivity contribution in [1.82, 2.24) is 4.98 Å². The van der Waals surface area contributed by atoms with E-state index in [-0.39, 0.29) is 5.88 Å². The minimum atomic E-state index is -0.270. The fourth-order valence-corrected chi connectivity index (χ4v) is 1.55. The van der Waals surface area contributed by atoms with Gasteiger partial charge in [-0.05, 0) is 18.6 Å². The molecular weight excluding hydrogens is 202 g/mol. The summed E-state index contributed by atoms with van der Waals surface area (Å²) < 4.78 is 5.37. The van der Waals surface area contributed by atoms with E-state index in [4.69, 9.17) is 4.74 Å². The van der Waals surface area contributed by atoms with Crippen LogP contribution in [0.4, 0.5) is 0 Å². The number of ether oxygens (including phenoxy) is 1. The quantitative estimate of drug-likeness (QED) is 0.624. The second-order valence-electron chi connectivity index (χ2n) is 3.92. The van der Waals surface area contributed by atoms with Crippen LogP contribution in [0.3, 0.4) is 0 Å². The number of pyridine rings is 1. The highest BCUT2D eigenvalue weighted by molar-refractivity contribution is 5.30. The van der Waals surface area contributed by atoms with Crippen molar-refractivity contribution in [2.75, 3.05) is 6.61 Å². The first-order chi connectivity index (χ1) is 7.84. The third-order valence-electron chi connectivity index (χ3n) is 2.49. The van der Waals surface area contributed by atoms with Gasteiger partial charge in [0.25, 0.3) is 0 Å². The van der Waals surface area contributed by atoms with E-state index in [1.54, 1.807) is 12.1 Å². The van der Waals surface area contributed by atoms with Gasteiger partial charge in [-0.3, -0.25) is 5.11 Å². The fourth-order valence-electron chi connectivity index (χ4n) is 1.55. The zero-order chi connectivity index (χ0) is 11.6. The van der Waals surface area contributed by atoms with Gasteiger partial charge in [0.1, 0.15) is 0 Å². The van der Waals surface area contributed by atoms with Gasteiger partial charge in [-0.15, -0.1) is 0 Å². The molecule has 1 aromatic rings. The summed E-state index contributed by atoms with van der Waals surface area (Å²) >= 11 is 0. The van der Waals surface area contributed by atoms with E-state index in [2.05, 4.69) is 11.9 Å². The minimum absolute atomic E-state index is 0.270. The molecule has 0 unspecified atom stereocenters. The summed E-state index contributed by atoms with van der Waals surface area (Å²) in [5.74, 6) is 0.101. The molecule has 1 heterocycles. The van der Waals surface area contributed by atoms with E-state index < -0.39 is 0 Å². The summed E-state index contributed by atoms with van der Waals surface area (Å²) in [6, 6.07) is 3.39. The molecule has 0 saturated carbocycles. The second-order valence-corrected chi connectivity index (χ2v) is 3.92. The number of aromatic nitrogens is 1. The third kappa shape index (κ3) is 5.01. The molecule has 3 heteroatoms. The Hall–Kier alpha value is -1.25. The molecular formula is C13H20NO2. The van der Waals surface area contributed by atoms with Crippen LogP contribution in [0.5, 0.6) is 11.6 Å². The van der Waals surface area contributed by atoms with Gasteiger partial charge in [0, 0.05) is 6.20 Å². The van der Waals surface area contributed by atoms with Gasteiger partial charge >= 0.3 is 5.88 Å². The Balaban J connectivity index is 2.05. The Bertz CT molecular complexity index is 289. The summed E-state index contributed by atoms with van der Waals surface area (Å²) in [5, 5.41) is 11.2. The van der Waals surface area contributed by atoms with Crippen LogP contribution < -0.4 is 4.74 Å². The van der Waals surface area contributed by atoms with Crippen molar-refractivity contribution >= 4 is 0 Å². The molecule has 1 aromatic heterocycles. The molecule has 0 bridgehead atoms. The molecule has 0 saturated heterocycles. The van der Waals surface area contributed by atoms with Crippen LogP contribution in [0.1, 0.15) is 45.4 Å². The van der Waals surface area contributed by atoms with Crippen LogP contribution in [-0.2, 0) is 5.11 Å². The lowest BCUT2D eigenvalue weighted by Gasteiger charge is -2.05. The predicted octanol–water partition coefficient (Wildman–Crippen LogP) is 3.96. The van der Waals surface area contributed by atoms with Gasteiger partial charge in [-0.25, -0.2) is 4.98 Å². The first-order valence-corrected chi connectivity index (χ1v) is 6.09. The van der Waals surface area contributed by atoms with E-state index in [9.17, 15) is 5.11 Å². The first-order valence-electron chi connectivity index (χ1n) is 6.09. The molecule has 89 valence electrons. The maximum atomic E-state index is 11.2. The van der Waals surface area contributed by atoms with Gasteiger partial charge in [0.2, 0.25) is 0 Å². The second kappa shape index (κ2) is 7.97. The van der Waals surface area contributed by atoms with Crippen molar-refractivity contribution in [1.29, 1.82) is 0 Å². The van der Waals surface area contributed by atoms with Crippen molar-refractivity contribution in [3.05, 3.63) is 18.3 Å². The molecule has 0 aliphatic carbocycles. The Kier molecular flexibility index (Phi) is 6.38. The molecule has 0 aliphatic heterocycles. The third-order valence-corrected chi connectivity index (χ3v) is 2.49. The topological polar surface area (TPSA) is 42.0 Å². The molecule has 0 amide bonds. The van der Waals surface area contributed by atoms with E-state index in [0.29, 0.717) is 12.4 Å². The monoisotopic (exact) mass is 222 g/mol. The molecule has 0 spiro atoms. The van der Waals surface area contributed by atoms with E-state index >= 15 is 0 Å². The smallest absolute Gasteiger partial charge is 0.311 e. The predicted molar refractivity (Wildman–Crippen MR) is 63.2 cm³/mol. The highest BCUT2D eigenvalue weighted by atomic mass is 16.5. The Morgan fingerprint density at radius 1 is 1.19 bits per heavy atom. The molecule has 1 radical (unpaired) electrons. The molecule has 3 nitrogen and oxygen atoms in total. The van der Waals surface area contributed by atoms with Crippen LogP contribution in [-0.4, -0.2) is 11.6 Å². The van der Waals surface area contributed by atoms with E-state index in [0.717, 1.165) is 6.42 Å². The molecule has 0 N–H and O–H groups in total. The SMILES string of the molecule is CCCCCCCCOc1cccnc1[O]. The lowest BCUT2D eigenvalue weighted by atomic mass is 10.1. The van der Waals surface area contributed by atoms with Crippen molar-refractivity contribution < 1.29 is 9.84 Å². The Morgan fingerprint density at radius 2 is 1.94 bits per heavy atom. The molecule has 0 fully saturated rings. The zero-order valence-electron chi connectivity index (χ0n) is 9.95. The van der Waals surface area contributed by atoms with Crippen molar-refractivity contribution in [3.8, 4) is 11.6 Å². The van der Waals surface area contributed by atoms with E-state index in [1.807, 2.05) is 0 Å². The maximum absolute atomic E-state index is 11.2. The molecule has 1 rings (SSSR count). The van der Waals surface area contributed by atoms with Gasteiger partial charge in [0.05, 0.1) is 6.61 Å². The van der Waals surface area contributed by atoms with Gasteiger partial charge < -0.3 is 4.74 Å². The highest BCUT2D eigenvalue weighted by Gasteiger charge is 2.02. The number of rotatable bonds is 8. The van der Waals surface area contributed by atoms with Crippen LogP contribution in [0, 0.1) is 0 Å². The maximum Gasteiger partial charge on any atom is 0.311 e. The number of nitrogens with zero attached hydrogens (tertiary/aromatic N) is 1. The van der Waals surface area contributed by atoms with Crippen LogP contribution in [0.25, 0.3) is 0 Å². The summed E-state index contributed by atoms with van der Waals surface area (Å²) in [6.07, 6.45) is 8.82. The van der Waals surface area contributed by atoms with E-state index in [1.165, 1.54) is 38.3 Å². The average molecular weight is 222 g/mol. The normalized spacial score (nSPS) is 10.3. The molecule has 0 atom stereocenters. The zero-order valence-corrected chi connectivity index (χ0v) is 9.95. The standard InChI is InChI=1S/C13H20NO2/c1-2-3-4-5-6-7-11-16-12-9-8-10-14-13(12)15/h8-10H,2-7,11H2,1H3. The lowest BCUT2D eigenvalue weighted by molar-refractivity contribution is 0.261. The lowest BCUT2D eigenvalue weighted by Crippen LogP contribution is -1.97. The number of hydrogen-bond donors (Lipinski definition) is 0. The van der Waals surface area contributed by atoms with Crippen LogP contribution >= 0.6 is 0 Å². The molecule has 16 heavy (non-hydrogen) atoms. The number of unbranched alkanes of at least 4 members (excludes halogenated alkanes) is 5. The van der Waals surface area contributed by atoms with Crippen molar-refractivity contribution in [3.63, 3.8) is 0 Å². The fraction of sp³-hybridized carbons (Fsp3) is 0.615. The highest BCUT2D eigenvalue weighted by Crippen LogP contribution is 2.22. The van der Waals surface area contributed by atoms with Crippen molar-refractivity contribution in [2.24, 2.45) is 0 Å². The number of hydrogen-bond acceptors (Lipinski definition) is 2. The van der Waals surface area contributed by atoms with Crippen LogP contribution in [0.15, 0.2) is 18.3 Å². The summed E-state index contributed by atoms with van der Waals surface area (Å²) in [5.41, 5.74) is 0. The minimum Gasteiger partial charge on any atom is -0.488 e. The van der Waals surface area contributed by atoms with Crippen LogP contribution in [0.2, 0.25) is 0 Å². The van der Waals surface area contributed by atoms with Gasteiger partial charge in [-0.2, -0.15) is 0 Å². The first kappa shape index (κ1) is 12.8. The largest absolute Gasteiger partial charge is 0.488 e.